The maximum absolute atomic E-state index is 14.4. The Morgan fingerprint density at radius 3 is 2.24 bits per heavy atom. The molecular weight excluding hydrogens is 514 g/mol. The Hall–Kier alpha value is -3.87. The van der Waals surface area contributed by atoms with Crippen LogP contribution in [0.2, 0.25) is 0 Å². The molecule has 1 aliphatic carbocycles. The molecular formula is C34H43N3O4. The zero-order valence-corrected chi connectivity index (χ0v) is 25.3. The van der Waals surface area contributed by atoms with Gasteiger partial charge in [0.05, 0.1) is 0 Å². The number of amides is 3. The summed E-state index contributed by atoms with van der Waals surface area (Å²) in [5.74, 6) is -0.728. The van der Waals surface area contributed by atoms with Gasteiger partial charge >= 0.3 is 6.09 Å². The van der Waals surface area contributed by atoms with Crippen molar-refractivity contribution < 1.29 is 19.1 Å². The van der Waals surface area contributed by atoms with Crippen LogP contribution in [0.4, 0.5) is 10.5 Å². The van der Waals surface area contributed by atoms with E-state index in [0.29, 0.717) is 12.1 Å². The summed E-state index contributed by atoms with van der Waals surface area (Å²) in [6, 6.07) is 17.9. The van der Waals surface area contributed by atoms with E-state index in [9.17, 15) is 14.4 Å². The lowest BCUT2D eigenvalue weighted by Crippen LogP contribution is -2.55. The summed E-state index contributed by atoms with van der Waals surface area (Å²) < 4.78 is 5.50. The molecule has 0 saturated heterocycles. The molecule has 41 heavy (non-hydrogen) atoms. The number of anilines is 1. The highest BCUT2D eigenvalue weighted by Crippen LogP contribution is 2.37. The maximum atomic E-state index is 14.4. The summed E-state index contributed by atoms with van der Waals surface area (Å²) in [5.41, 5.74) is 2.85. The van der Waals surface area contributed by atoms with Crippen molar-refractivity contribution in [3.63, 3.8) is 0 Å². The molecule has 0 bridgehead atoms. The van der Waals surface area contributed by atoms with Gasteiger partial charge in [0.1, 0.15) is 17.7 Å². The fourth-order valence-corrected chi connectivity index (χ4v) is 5.00. The highest BCUT2D eigenvalue weighted by atomic mass is 16.6. The van der Waals surface area contributed by atoms with Gasteiger partial charge in [0.25, 0.3) is 5.91 Å². The van der Waals surface area contributed by atoms with Crippen molar-refractivity contribution in [2.45, 2.75) is 91.5 Å². The summed E-state index contributed by atoms with van der Waals surface area (Å²) in [6.07, 6.45) is 1.63. The lowest BCUT2D eigenvalue weighted by Gasteiger charge is -2.36. The summed E-state index contributed by atoms with van der Waals surface area (Å²) in [5, 5.41) is 8.03. The van der Waals surface area contributed by atoms with Gasteiger partial charge in [-0.1, -0.05) is 68.8 Å². The summed E-state index contributed by atoms with van der Waals surface area (Å²) in [4.78, 5) is 43.1. The first kappa shape index (κ1) is 30.1. The number of carbonyl (C=O) groups excluding carboxylic acids is 3. The van der Waals surface area contributed by atoms with Crippen molar-refractivity contribution in [2.24, 2.45) is 5.92 Å². The first-order valence-corrected chi connectivity index (χ1v) is 14.6. The molecule has 0 heterocycles. The van der Waals surface area contributed by atoms with Crippen LogP contribution < -0.4 is 10.6 Å². The number of ether oxygens (including phenoxy) is 1. The lowest BCUT2D eigenvalue weighted by molar-refractivity contribution is -0.142. The SMILES string of the molecule is CCC(C)C(NC(=O)OC(C)(C)C)C(=O)N(C1CC1)C(C(=O)Nc1ccc2ccccc2c1)c1ccc(C)c(C)c1. The van der Waals surface area contributed by atoms with Crippen LogP contribution in [0.15, 0.2) is 60.7 Å². The molecule has 4 rings (SSSR count). The third-order valence-corrected chi connectivity index (χ3v) is 7.74. The Bertz CT molecular complexity index is 1420. The first-order chi connectivity index (χ1) is 19.4. The van der Waals surface area contributed by atoms with Crippen molar-refractivity contribution >= 4 is 34.4 Å². The van der Waals surface area contributed by atoms with Crippen LogP contribution >= 0.6 is 0 Å². The second kappa shape index (κ2) is 12.3. The Morgan fingerprint density at radius 2 is 1.63 bits per heavy atom. The van der Waals surface area contributed by atoms with E-state index in [-0.39, 0.29) is 23.8 Å². The van der Waals surface area contributed by atoms with E-state index in [0.717, 1.165) is 40.3 Å². The van der Waals surface area contributed by atoms with Crippen molar-refractivity contribution in [1.29, 1.82) is 0 Å². The molecule has 3 atom stereocenters. The second-order valence-corrected chi connectivity index (χ2v) is 12.3. The van der Waals surface area contributed by atoms with Crippen molar-refractivity contribution in [2.75, 3.05) is 5.32 Å². The highest BCUT2D eigenvalue weighted by Gasteiger charge is 2.45. The number of nitrogens with zero attached hydrogens (tertiary/aromatic N) is 1. The third kappa shape index (κ3) is 7.46. The average Bonchev–Trinajstić information content (AvgIpc) is 3.75. The molecule has 1 fully saturated rings. The largest absolute Gasteiger partial charge is 0.444 e. The van der Waals surface area contributed by atoms with E-state index < -0.39 is 23.8 Å². The van der Waals surface area contributed by atoms with Gasteiger partial charge in [-0.25, -0.2) is 4.79 Å². The standard InChI is InChI=1S/C34H43N3O4/c1-8-21(2)29(36-33(40)41-34(5,6)7)32(39)37(28-17-18-28)30(26-14-13-22(3)23(4)19-26)31(38)35-27-16-15-24-11-9-10-12-25(24)20-27/h9-16,19-21,28-30H,8,17-18H2,1-7H3,(H,35,38)(H,36,40). The van der Waals surface area contributed by atoms with Gasteiger partial charge < -0.3 is 20.3 Å². The van der Waals surface area contributed by atoms with Gasteiger partial charge in [-0.05, 0) is 93.0 Å². The molecule has 0 spiro atoms. The molecule has 1 aliphatic rings. The molecule has 7 nitrogen and oxygen atoms in total. The van der Waals surface area contributed by atoms with Crippen LogP contribution in [0.5, 0.6) is 0 Å². The predicted octanol–water partition coefficient (Wildman–Crippen LogP) is 7.07. The number of nitrogens with one attached hydrogen (secondary N) is 2. The van der Waals surface area contributed by atoms with Crippen LogP contribution in [-0.4, -0.2) is 40.5 Å². The number of fused-ring (bicyclic) bond motifs is 1. The highest BCUT2D eigenvalue weighted by molar-refractivity contribution is 6.00. The number of aryl methyl sites for hydroxylation is 2. The van der Waals surface area contributed by atoms with E-state index in [2.05, 4.69) is 10.6 Å². The minimum Gasteiger partial charge on any atom is -0.444 e. The molecule has 0 aromatic heterocycles. The minimum absolute atomic E-state index is 0.0940. The maximum Gasteiger partial charge on any atom is 0.408 e. The van der Waals surface area contributed by atoms with Crippen LogP contribution in [0.25, 0.3) is 10.8 Å². The number of alkyl carbamates (subject to hydrolysis) is 1. The van der Waals surface area contributed by atoms with Crippen LogP contribution in [0.3, 0.4) is 0 Å². The zero-order chi connectivity index (χ0) is 29.9. The number of rotatable bonds is 9. The number of benzene rings is 3. The normalized spacial score (nSPS) is 15.5. The quantitative estimate of drug-likeness (QED) is 0.295. The molecule has 1 saturated carbocycles. The van der Waals surface area contributed by atoms with Gasteiger partial charge in [-0.3, -0.25) is 9.59 Å². The van der Waals surface area contributed by atoms with Gasteiger partial charge in [-0.2, -0.15) is 0 Å². The van der Waals surface area contributed by atoms with E-state index in [1.807, 2.05) is 88.4 Å². The fourth-order valence-electron chi connectivity index (χ4n) is 5.00. The molecule has 2 N–H and O–H groups in total. The second-order valence-electron chi connectivity index (χ2n) is 12.3. The topological polar surface area (TPSA) is 87.7 Å². The Kier molecular flexibility index (Phi) is 9.05. The number of hydrogen-bond acceptors (Lipinski definition) is 4. The van der Waals surface area contributed by atoms with Crippen molar-refractivity contribution in [3.05, 3.63) is 77.4 Å². The van der Waals surface area contributed by atoms with E-state index >= 15 is 0 Å². The molecule has 0 radical (unpaired) electrons. The smallest absolute Gasteiger partial charge is 0.408 e. The van der Waals surface area contributed by atoms with Crippen molar-refractivity contribution in [3.8, 4) is 0 Å². The molecule has 7 heteroatoms. The third-order valence-electron chi connectivity index (χ3n) is 7.74. The summed E-state index contributed by atoms with van der Waals surface area (Å²) in [7, 11) is 0. The zero-order valence-electron chi connectivity index (χ0n) is 25.3. The first-order valence-electron chi connectivity index (χ1n) is 14.6. The lowest BCUT2D eigenvalue weighted by atomic mass is 9.94. The number of hydrogen-bond donors (Lipinski definition) is 2. The monoisotopic (exact) mass is 557 g/mol. The van der Waals surface area contributed by atoms with E-state index in [1.165, 1.54) is 0 Å². The molecule has 0 aliphatic heterocycles. The predicted molar refractivity (Wildman–Crippen MR) is 164 cm³/mol. The van der Waals surface area contributed by atoms with Gasteiger partial charge in [-0.15, -0.1) is 0 Å². The molecule has 218 valence electrons. The average molecular weight is 558 g/mol. The van der Waals surface area contributed by atoms with Crippen LogP contribution in [0, 0.1) is 19.8 Å². The summed E-state index contributed by atoms with van der Waals surface area (Å²) >= 11 is 0. The van der Waals surface area contributed by atoms with Gasteiger partial charge in [0, 0.05) is 11.7 Å². The number of carbonyl (C=O) groups is 3. The minimum atomic E-state index is -0.868. The summed E-state index contributed by atoms with van der Waals surface area (Å²) in [6.45, 7) is 13.3. The molecule has 3 amide bonds. The molecule has 3 aromatic carbocycles. The molecule has 3 unspecified atom stereocenters. The van der Waals surface area contributed by atoms with Crippen LogP contribution in [-0.2, 0) is 14.3 Å². The van der Waals surface area contributed by atoms with Crippen molar-refractivity contribution in [1.82, 2.24) is 10.2 Å². The van der Waals surface area contributed by atoms with Gasteiger partial charge in [0.15, 0.2) is 0 Å². The Morgan fingerprint density at radius 1 is 0.951 bits per heavy atom. The van der Waals surface area contributed by atoms with E-state index in [1.54, 1.807) is 25.7 Å². The van der Waals surface area contributed by atoms with Gasteiger partial charge in [0.2, 0.25) is 5.91 Å². The fraction of sp³-hybridized carbons (Fsp3) is 0.441. The Labute approximate surface area is 243 Å². The Balaban J connectivity index is 1.72. The van der Waals surface area contributed by atoms with Crippen LogP contribution in [0.1, 0.15) is 76.6 Å². The van der Waals surface area contributed by atoms with E-state index in [4.69, 9.17) is 4.74 Å². The molecule has 3 aromatic rings.